The minimum Gasteiger partial charge on any atom is -0.303 e. The fourth-order valence-corrected chi connectivity index (χ4v) is 2.88. The van der Waals surface area contributed by atoms with E-state index < -0.39 is 0 Å². The molecule has 0 radical (unpaired) electrons. The van der Waals surface area contributed by atoms with Crippen LogP contribution in [0.4, 0.5) is 0 Å². The van der Waals surface area contributed by atoms with E-state index in [4.69, 9.17) is 0 Å². The van der Waals surface area contributed by atoms with Crippen LogP contribution in [0.25, 0.3) is 0 Å². The van der Waals surface area contributed by atoms with Crippen LogP contribution in [0.15, 0.2) is 0 Å². The Hall–Kier alpha value is -0.450. The van der Waals surface area contributed by atoms with Gasteiger partial charge in [0.2, 0.25) is 0 Å². The van der Waals surface area contributed by atoms with E-state index in [9.17, 15) is 4.79 Å². The first kappa shape index (κ1) is 22.6. The van der Waals surface area contributed by atoms with Crippen LogP contribution in [-0.2, 0) is 4.79 Å². The topological polar surface area (TPSA) is 44.4 Å². The van der Waals surface area contributed by atoms with Gasteiger partial charge in [-0.2, -0.15) is 0 Å². The maximum absolute atomic E-state index is 10.3. The number of aldehydes is 1. The SMILES string of the molecule is CCCCCCCCCN(CCCCCCC=O)CCNNC. The summed E-state index contributed by atoms with van der Waals surface area (Å²) in [6, 6.07) is 0. The van der Waals surface area contributed by atoms with E-state index in [0.717, 1.165) is 32.2 Å². The second kappa shape index (κ2) is 19.6. The van der Waals surface area contributed by atoms with Crippen LogP contribution in [0.5, 0.6) is 0 Å². The number of carbonyl (C=O) groups is 1. The van der Waals surface area contributed by atoms with Crippen LogP contribution in [-0.4, -0.2) is 44.4 Å². The summed E-state index contributed by atoms with van der Waals surface area (Å²) in [5.74, 6) is 0. The van der Waals surface area contributed by atoms with Crippen LogP contribution in [0, 0.1) is 0 Å². The molecule has 0 amide bonds. The Labute approximate surface area is 144 Å². The van der Waals surface area contributed by atoms with Gasteiger partial charge < -0.3 is 9.69 Å². The van der Waals surface area contributed by atoms with Gasteiger partial charge in [0.15, 0.2) is 0 Å². The predicted molar refractivity (Wildman–Crippen MR) is 101 cm³/mol. The monoisotopic (exact) mass is 327 g/mol. The van der Waals surface area contributed by atoms with Gasteiger partial charge in [0.05, 0.1) is 0 Å². The van der Waals surface area contributed by atoms with E-state index in [0.29, 0.717) is 0 Å². The molecule has 0 unspecified atom stereocenters. The first-order valence-electron chi connectivity index (χ1n) is 9.90. The molecular formula is C19H41N3O. The number of carbonyl (C=O) groups excluding carboxylic acids is 1. The Bertz CT molecular complexity index is 237. The zero-order valence-electron chi connectivity index (χ0n) is 15.7. The zero-order valence-corrected chi connectivity index (χ0v) is 15.7. The van der Waals surface area contributed by atoms with Gasteiger partial charge in [-0.3, -0.25) is 10.9 Å². The number of rotatable bonds is 19. The molecule has 4 nitrogen and oxygen atoms in total. The molecule has 0 saturated carbocycles. The molecule has 0 atom stereocenters. The highest BCUT2D eigenvalue weighted by atomic mass is 16.1. The van der Waals surface area contributed by atoms with Gasteiger partial charge >= 0.3 is 0 Å². The molecule has 2 N–H and O–H groups in total. The van der Waals surface area contributed by atoms with Gasteiger partial charge in [-0.15, -0.1) is 0 Å². The van der Waals surface area contributed by atoms with Crippen LogP contribution < -0.4 is 10.9 Å². The van der Waals surface area contributed by atoms with Crippen LogP contribution >= 0.6 is 0 Å². The molecular weight excluding hydrogens is 286 g/mol. The first-order chi connectivity index (χ1) is 11.3. The summed E-state index contributed by atoms with van der Waals surface area (Å²) in [7, 11) is 1.92. The van der Waals surface area contributed by atoms with E-state index in [1.165, 1.54) is 77.3 Å². The van der Waals surface area contributed by atoms with E-state index in [1.807, 2.05) is 7.05 Å². The van der Waals surface area contributed by atoms with Crippen molar-refractivity contribution in [2.75, 3.05) is 33.2 Å². The van der Waals surface area contributed by atoms with Crippen molar-refractivity contribution in [1.29, 1.82) is 0 Å². The maximum Gasteiger partial charge on any atom is 0.119 e. The van der Waals surface area contributed by atoms with Crippen LogP contribution in [0.3, 0.4) is 0 Å². The zero-order chi connectivity index (χ0) is 17.0. The summed E-state index contributed by atoms with van der Waals surface area (Å²) < 4.78 is 0. The Morgan fingerprint density at radius 3 is 1.91 bits per heavy atom. The van der Waals surface area contributed by atoms with Crippen molar-refractivity contribution in [2.24, 2.45) is 0 Å². The van der Waals surface area contributed by atoms with Crippen molar-refractivity contribution < 1.29 is 4.79 Å². The largest absolute Gasteiger partial charge is 0.303 e. The van der Waals surface area contributed by atoms with Gasteiger partial charge in [0.25, 0.3) is 0 Å². The lowest BCUT2D eigenvalue weighted by molar-refractivity contribution is -0.107. The number of hydrogen-bond donors (Lipinski definition) is 2. The molecule has 0 spiro atoms. The van der Waals surface area contributed by atoms with Gasteiger partial charge in [0, 0.05) is 19.5 Å². The summed E-state index contributed by atoms with van der Waals surface area (Å²) in [5.41, 5.74) is 6.19. The molecule has 0 aromatic rings. The average molecular weight is 328 g/mol. The van der Waals surface area contributed by atoms with Crippen molar-refractivity contribution in [1.82, 2.24) is 15.8 Å². The van der Waals surface area contributed by atoms with E-state index in [2.05, 4.69) is 22.7 Å². The molecule has 0 aliphatic heterocycles. The summed E-state index contributed by atoms with van der Waals surface area (Å²) >= 11 is 0. The second-order valence-corrected chi connectivity index (χ2v) is 6.51. The highest BCUT2D eigenvalue weighted by molar-refractivity contribution is 5.48. The fourth-order valence-electron chi connectivity index (χ4n) is 2.88. The van der Waals surface area contributed by atoms with E-state index >= 15 is 0 Å². The molecule has 0 aliphatic rings. The molecule has 0 aromatic carbocycles. The summed E-state index contributed by atoms with van der Waals surface area (Å²) in [6.07, 6.45) is 16.2. The quantitative estimate of drug-likeness (QED) is 0.214. The smallest absolute Gasteiger partial charge is 0.119 e. The van der Waals surface area contributed by atoms with Crippen molar-refractivity contribution in [3.63, 3.8) is 0 Å². The molecule has 0 rings (SSSR count). The number of nitrogens with one attached hydrogen (secondary N) is 2. The normalized spacial score (nSPS) is 11.3. The lowest BCUT2D eigenvalue weighted by Gasteiger charge is -2.22. The average Bonchev–Trinajstić information content (AvgIpc) is 2.56. The van der Waals surface area contributed by atoms with Crippen molar-refractivity contribution in [3.05, 3.63) is 0 Å². The summed E-state index contributed by atoms with van der Waals surface area (Å²) in [6.45, 7) is 6.81. The standard InChI is InChI=1S/C19H41N3O/c1-3-4-5-6-7-9-12-16-22(18-15-21-20-2)17-13-10-8-11-14-19-23/h19-21H,3-18H2,1-2H3. The molecule has 0 heterocycles. The number of unbranched alkanes of at least 4 members (excludes halogenated alkanes) is 10. The first-order valence-corrected chi connectivity index (χ1v) is 9.90. The van der Waals surface area contributed by atoms with Crippen LogP contribution in [0.1, 0.15) is 84.0 Å². The third kappa shape index (κ3) is 17.7. The summed E-state index contributed by atoms with van der Waals surface area (Å²) in [4.78, 5) is 12.9. The van der Waals surface area contributed by atoms with Crippen molar-refractivity contribution >= 4 is 6.29 Å². The minimum absolute atomic E-state index is 0.730. The number of nitrogens with zero attached hydrogens (tertiary/aromatic N) is 1. The number of hydrogen-bond acceptors (Lipinski definition) is 4. The Morgan fingerprint density at radius 2 is 1.35 bits per heavy atom. The third-order valence-electron chi connectivity index (χ3n) is 4.35. The lowest BCUT2D eigenvalue weighted by atomic mass is 10.1. The molecule has 0 saturated heterocycles. The molecule has 0 fully saturated rings. The van der Waals surface area contributed by atoms with Gasteiger partial charge in [-0.05, 0) is 39.4 Å². The number of hydrazine groups is 1. The Balaban J connectivity index is 3.66. The molecule has 0 aliphatic carbocycles. The second-order valence-electron chi connectivity index (χ2n) is 6.51. The van der Waals surface area contributed by atoms with Crippen molar-refractivity contribution in [3.8, 4) is 0 Å². The van der Waals surface area contributed by atoms with Crippen LogP contribution in [0.2, 0.25) is 0 Å². The highest BCUT2D eigenvalue weighted by Crippen LogP contribution is 2.08. The van der Waals surface area contributed by atoms with Crippen molar-refractivity contribution in [2.45, 2.75) is 84.0 Å². The molecule has 0 aromatic heterocycles. The minimum atomic E-state index is 0.730. The molecule has 138 valence electrons. The Morgan fingerprint density at radius 1 is 0.783 bits per heavy atom. The molecule has 4 heteroatoms. The molecule has 0 bridgehead atoms. The van der Waals surface area contributed by atoms with Gasteiger partial charge in [-0.25, -0.2) is 0 Å². The predicted octanol–water partition coefficient (Wildman–Crippen LogP) is 3.91. The van der Waals surface area contributed by atoms with Gasteiger partial charge in [-0.1, -0.05) is 58.3 Å². The summed E-state index contributed by atoms with van der Waals surface area (Å²) in [5, 5.41) is 0. The van der Waals surface area contributed by atoms with E-state index in [1.54, 1.807) is 0 Å². The molecule has 23 heavy (non-hydrogen) atoms. The maximum atomic E-state index is 10.3. The Kier molecular flexibility index (Phi) is 19.2. The lowest BCUT2D eigenvalue weighted by Crippen LogP contribution is -2.38. The van der Waals surface area contributed by atoms with E-state index in [-0.39, 0.29) is 0 Å². The third-order valence-corrected chi connectivity index (χ3v) is 4.35. The highest BCUT2D eigenvalue weighted by Gasteiger charge is 2.04. The fraction of sp³-hybridized carbons (Fsp3) is 0.947. The van der Waals surface area contributed by atoms with Gasteiger partial charge in [0.1, 0.15) is 6.29 Å².